The van der Waals surface area contributed by atoms with Crippen molar-refractivity contribution in [3.8, 4) is 0 Å². The first-order valence-electron chi connectivity index (χ1n) is 10.1. The van der Waals surface area contributed by atoms with Gasteiger partial charge >= 0.3 is 0 Å². The molecule has 0 radical (unpaired) electrons. The smallest absolute Gasteiger partial charge is 0.159 e. The molecule has 1 saturated carbocycles. The normalized spacial score (nSPS) is 27.6. The number of hydrogen-bond acceptors (Lipinski definition) is 5. The van der Waals surface area contributed by atoms with Gasteiger partial charge < -0.3 is 5.11 Å². The van der Waals surface area contributed by atoms with Gasteiger partial charge in [0.25, 0.3) is 0 Å². The minimum Gasteiger partial charge on any atom is -0.383 e. The highest BCUT2D eigenvalue weighted by atomic mass is 16.3. The molecular weight excluding hydrogens is 350 g/mol. The third-order valence-corrected chi connectivity index (χ3v) is 6.69. The van der Waals surface area contributed by atoms with Crippen molar-refractivity contribution in [3.63, 3.8) is 0 Å². The summed E-state index contributed by atoms with van der Waals surface area (Å²) in [4.78, 5) is 11.7. The molecule has 3 atom stereocenters. The van der Waals surface area contributed by atoms with E-state index in [1.807, 2.05) is 23.7 Å². The molecular formula is C22H27N5O. The van der Waals surface area contributed by atoms with Gasteiger partial charge in [-0.1, -0.05) is 6.07 Å². The van der Waals surface area contributed by atoms with Gasteiger partial charge in [-0.3, -0.25) is 9.88 Å². The molecule has 28 heavy (non-hydrogen) atoms. The van der Waals surface area contributed by atoms with Crippen molar-refractivity contribution in [1.82, 2.24) is 24.5 Å². The largest absolute Gasteiger partial charge is 0.383 e. The Morgan fingerprint density at radius 1 is 1.25 bits per heavy atom. The Morgan fingerprint density at radius 2 is 2.11 bits per heavy atom. The maximum Gasteiger partial charge on any atom is 0.159 e. The second kappa shape index (κ2) is 6.36. The molecule has 1 saturated heterocycles. The van der Waals surface area contributed by atoms with Crippen molar-refractivity contribution < 1.29 is 5.11 Å². The summed E-state index contributed by atoms with van der Waals surface area (Å²) in [7, 11) is 0. The number of likely N-dealkylation sites (tertiary alicyclic amines) is 1. The van der Waals surface area contributed by atoms with Crippen molar-refractivity contribution in [2.24, 2.45) is 11.8 Å². The van der Waals surface area contributed by atoms with Gasteiger partial charge in [-0.25, -0.2) is 9.50 Å². The Balaban J connectivity index is 1.40. The second-order valence-corrected chi connectivity index (χ2v) is 8.64. The van der Waals surface area contributed by atoms with Gasteiger partial charge in [0.15, 0.2) is 5.65 Å². The molecule has 2 fully saturated rings. The zero-order chi connectivity index (χ0) is 19.5. The number of rotatable bonds is 3. The fourth-order valence-electron chi connectivity index (χ4n) is 5.42. The molecule has 0 aromatic carbocycles. The lowest BCUT2D eigenvalue weighted by Gasteiger charge is -2.31. The molecule has 4 heterocycles. The van der Waals surface area contributed by atoms with Crippen molar-refractivity contribution in [2.45, 2.75) is 45.8 Å². The van der Waals surface area contributed by atoms with Crippen LogP contribution in [0.15, 0.2) is 30.6 Å². The lowest BCUT2D eigenvalue weighted by Crippen LogP contribution is -2.36. The number of aromatic nitrogens is 4. The summed E-state index contributed by atoms with van der Waals surface area (Å²) in [5.74, 6) is 0.754. The number of pyridine rings is 1. The number of aryl methyl sites for hydroxylation is 3. The summed E-state index contributed by atoms with van der Waals surface area (Å²) in [5.41, 5.74) is 5.37. The molecule has 3 aromatic heterocycles. The molecule has 1 N–H and O–H groups in total. The number of aliphatic hydroxyl groups is 1. The third kappa shape index (κ3) is 2.66. The van der Waals surface area contributed by atoms with E-state index in [1.165, 1.54) is 0 Å². The summed E-state index contributed by atoms with van der Waals surface area (Å²) < 4.78 is 1.92. The van der Waals surface area contributed by atoms with Crippen LogP contribution >= 0.6 is 0 Å². The Hall–Kier alpha value is -2.31. The van der Waals surface area contributed by atoms with Crippen molar-refractivity contribution in [2.75, 3.05) is 13.1 Å². The van der Waals surface area contributed by atoms with Crippen LogP contribution in [0.2, 0.25) is 0 Å². The molecule has 0 unspecified atom stereocenters. The van der Waals surface area contributed by atoms with Crippen molar-refractivity contribution in [1.29, 1.82) is 0 Å². The van der Waals surface area contributed by atoms with Crippen LogP contribution in [-0.2, 0) is 12.1 Å². The van der Waals surface area contributed by atoms with E-state index in [4.69, 9.17) is 4.98 Å². The van der Waals surface area contributed by atoms with E-state index in [1.54, 1.807) is 6.20 Å². The van der Waals surface area contributed by atoms with E-state index < -0.39 is 5.60 Å². The van der Waals surface area contributed by atoms with E-state index in [0.717, 1.165) is 66.3 Å². The summed E-state index contributed by atoms with van der Waals surface area (Å²) in [5, 5.41) is 16.1. The first-order valence-corrected chi connectivity index (χ1v) is 10.1. The molecule has 0 amide bonds. The van der Waals surface area contributed by atoms with E-state index in [-0.39, 0.29) is 5.92 Å². The molecule has 1 aliphatic carbocycles. The van der Waals surface area contributed by atoms with Crippen LogP contribution in [0.5, 0.6) is 0 Å². The molecule has 3 aromatic rings. The van der Waals surface area contributed by atoms with Gasteiger partial charge in [0, 0.05) is 48.7 Å². The third-order valence-electron chi connectivity index (χ3n) is 6.69. The molecule has 2 aliphatic rings. The van der Waals surface area contributed by atoms with Gasteiger partial charge in [0.05, 0.1) is 11.9 Å². The standard InChI is InChI=1S/C22H27N5O/c1-14-5-4-8-23-20(14)22(28)7-6-17-11-26(13-19(17)22)12-18-10-24-27-16(3)9-15(2)25-21(18)27/h4-5,8-10,17,19,28H,6-7,11-13H2,1-3H3/t17-,19+,22+/m0/s1. The molecule has 0 bridgehead atoms. The zero-order valence-corrected chi connectivity index (χ0v) is 16.8. The monoisotopic (exact) mass is 377 g/mol. The minimum absolute atomic E-state index is 0.236. The maximum atomic E-state index is 11.6. The SMILES string of the molecule is Cc1cc(C)n2ncc(CN3C[C@@H]4CC[C@](O)(c5ncccc5C)[C@@H]4C3)c2n1. The number of fused-ring (bicyclic) bond motifs is 2. The summed E-state index contributed by atoms with van der Waals surface area (Å²) in [6.07, 6.45) is 5.61. The van der Waals surface area contributed by atoms with Crippen molar-refractivity contribution >= 4 is 5.65 Å². The summed E-state index contributed by atoms with van der Waals surface area (Å²) in [6.45, 7) is 8.87. The highest BCUT2D eigenvalue weighted by Gasteiger charge is 2.53. The number of nitrogens with zero attached hydrogens (tertiary/aromatic N) is 5. The van der Waals surface area contributed by atoms with E-state index >= 15 is 0 Å². The molecule has 6 heteroatoms. The Bertz CT molecular complexity index is 1040. The van der Waals surface area contributed by atoms with E-state index in [0.29, 0.717) is 5.92 Å². The highest BCUT2D eigenvalue weighted by molar-refractivity contribution is 5.48. The fraction of sp³-hybridized carbons (Fsp3) is 0.500. The van der Waals surface area contributed by atoms with Crippen molar-refractivity contribution in [3.05, 3.63) is 58.8 Å². The van der Waals surface area contributed by atoms with Crippen LogP contribution in [0.4, 0.5) is 0 Å². The summed E-state index contributed by atoms with van der Waals surface area (Å²) >= 11 is 0. The van der Waals surface area contributed by atoms with Crippen LogP contribution in [0.3, 0.4) is 0 Å². The molecule has 6 nitrogen and oxygen atoms in total. The van der Waals surface area contributed by atoms with Gasteiger partial charge in [0.2, 0.25) is 0 Å². The van der Waals surface area contributed by atoms with E-state index in [9.17, 15) is 5.11 Å². The van der Waals surface area contributed by atoms with Gasteiger partial charge in [-0.05, 0) is 57.2 Å². The molecule has 0 spiro atoms. The van der Waals surface area contributed by atoms with E-state index in [2.05, 4.69) is 41.0 Å². The lowest BCUT2D eigenvalue weighted by atomic mass is 9.83. The number of hydrogen-bond donors (Lipinski definition) is 1. The first-order chi connectivity index (χ1) is 13.5. The average molecular weight is 377 g/mol. The van der Waals surface area contributed by atoms with Crippen LogP contribution in [0.1, 0.15) is 41.1 Å². The van der Waals surface area contributed by atoms with Crippen LogP contribution < -0.4 is 0 Å². The highest BCUT2D eigenvalue weighted by Crippen LogP contribution is 2.50. The maximum absolute atomic E-state index is 11.6. The molecule has 146 valence electrons. The van der Waals surface area contributed by atoms with Crippen LogP contribution in [-0.4, -0.2) is 42.7 Å². The summed E-state index contributed by atoms with van der Waals surface area (Å²) in [6, 6.07) is 6.05. The molecule has 5 rings (SSSR count). The predicted octanol–water partition coefficient (Wildman–Crippen LogP) is 2.78. The van der Waals surface area contributed by atoms with Gasteiger partial charge in [-0.2, -0.15) is 5.10 Å². The Kier molecular flexibility index (Phi) is 4.03. The predicted molar refractivity (Wildman–Crippen MR) is 107 cm³/mol. The zero-order valence-electron chi connectivity index (χ0n) is 16.8. The lowest BCUT2D eigenvalue weighted by molar-refractivity contribution is -0.0114. The molecule has 1 aliphatic heterocycles. The second-order valence-electron chi connectivity index (χ2n) is 8.64. The Morgan fingerprint density at radius 3 is 2.93 bits per heavy atom. The minimum atomic E-state index is -0.808. The van der Waals surface area contributed by atoms with Crippen LogP contribution in [0, 0.1) is 32.6 Å². The quantitative estimate of drug-likeness (QED) is 0.760. The van der Waals surface area contributed by atoms with Gasteiger partial charge in [-0.15, -0.1) is 0 Å². The first kappa shape index (κ1) is 17.8. The average Bonchev–Trinajstić information content (AvgIpc) is 3.32. The van der Waals surface area contributed by atoms with Gasteiger partial charge in [0.1, 0.15) is 5.60 Å². The van der Waals surface area contributed by atoms with Crippen LogP contribution in [0.25, 0.3) is 5.65 Å². The Labute approximate surface area is 165 Å². The topological polar surface area (TPSA) is 66.5 Å². The fourth-order valence-corrected chi connectivity index (χ4v) is 5.42.